The van der Waals surface area contributed by atoms with E-state index in [2.05, 4.69) is 18.3 Å². The summed E-state index contributed by atoms with van der Waals surface area (Å²) in [4.78, 5) is 25.1. The van der Waals surface area contributed by atoms with E-state index in [4.69, 9.17) is 4.74 Å². The van der Waals surface area contributed by atoms with Gasteiger partial charge in [-0.05, 0) is 80.5 Å². The molecule has 0 radical (unpaired) electrons. The first-order chi connectivity index (χ1) is 11.5. The second-order valence-corrected chi connectivity index (χ2v) is 7.40. The first kappa shape index (κ1) is 17.0. The molecule has 1 N–H and O–H groups in total. The SMILES string of the molecule is COC(=O)C1(NC(=O)c2ccc3c(c2)CCCC3)CCC(C)CC1. The largest absolute Gasteiger partial charge is 0.467 e. The minimum Gasteiger partial charge on any atom is -0.467 e. The molecule has 4 heteroatoms. The monoisotopic (exact) mass is 329 g/mol. The van der Waals surface area contributed by atoms with E-state index in [1.54, 1.807) is 0 Å². The molecule has 1 saturated carbocycles. The van der Waals surface area contributed by atoms with Gasteiger partial charge in [-0.15, -0.1) is 0 Å². The van der Waals surface area contributed by atoms with Crippen molar-refractivity contribution in [1.82, 2.24) is 5.32 Å². The van der Waals surface area contributed by atoms with Gasteiger partial charge in [0.05, 0.1) is 7.11 Å². The Morgan fingerprint density at radius 2 is 1.79 bits per heavy atom. The smallest absolute Gasteiger partial charge is 0.331 e. The van der Waals surface area contributed by atoms with E-state index >= 15 is 0 Å². The van der Waals surface area contributed by atoms with Crippen LogP contribution in [0.15, 0.2) is 18.2 Å². The van der Waals surface area contributed by atoms with Crippen molar-refractivity contribution in [3.63, 3.8) is 0 Å². The number of fused-ring (bicyclic) bond motifs is 1. The quantitative estimate of drug-likeness (QED) is 0.865. The molecule has 1 amide bonds. The Balaban J connectivity index is 1.79. The molecule has 0 spiro atoms. The van der Waals surface area contributed by atoms with Gasteiger partial charge < -0.3 is 10.1 Å². The van der Waals surface area contributed by atoms with E-state index in [0.717, 1.165) is 25.7 Å². The highest BCUT2D eigenvalue weighted by Crippen LogP contribution is 2.33. The third-order valence-corrected chi connectivity index (χ3v) is 5.67. The van der Waals surface area contributed by atoms with Crippen LogP contribution >= 0.6 is 0 Å². The van der Waals surface area contributed by atoms with Gasteiger partial charge in [0.25, 0.3) is 5.91 Å². The van der Waals surface area contributed by atoms with Crippen LogP contribution in [-0.2, 0) is 22.4 Å². The van der Waals surface area contributed by atoms with Crippen LogP contribution in [0.3, 0.4) is 0 Å². The third kappa shape index (κ3) is 3.33. The molecule has 2 aliphatic carbocycles. The van der Waals surface area contributed by atoms with Gasteiger partial charge >= 0.3 is 5.97 Å². The van der Waals surface area contributed by atoms with Crippen LogP contribution in [0.4, 0.5) is 0 Å². The lowest BCUT2D eigenvalue weighted by molar-refractivity contribution is -0.150. The predicted octanol–water partition coefficient (Wildman–Crippen LogP) is 3.42. The average Bonchev–Trinajstić information content (AvgIpc) is 2.62. The van der Waals surface area contributed by atoms with Crippen molar-refractivity contribution in [2.75, 3.05) is 7.11 Å². The van der Waals surface area contributed by atoms with Crippen molar-refractivity contribution >= 4 is 11.9 Å². The Morgan fingerprint density at radius 3 is 2.46 bits per heavy atom. The molecule has 2 aliphatic rings. The fourth-order valence-corrected chi connectivity index (χ4v) is 3.99. The number of rotatable bonds is 3. The highest BCUT2D eigenvalue weighted by atomic mass is 16.5. The van der Waals surface area contributed by atoms with Crippen molar-refractivity contribution in [3.05, 3.63) is 34.9 Å². The second kappa shape index (κ2) is 6.96. The lowest BCUT2D eigenvalue weighted by Crippen LogP contribution is -2.56. The maximum absolute atomic E-state index is 12.8. The summed E-state index contributed by atoms with van der Waals surface area (Å²) in [5.74, 6) is 0.104. The van der Waals surface area contributed by atoms with Gasteiger partial charge in [0.2, 0.25) is 0 Å². The highest BCUT2D eigenvalue weighted by molar-refractivity contribution is 5.98. The number of carbonyl (C=O) groups is 2. The molecule has 130 valence electrons. The fraction of sp³-hybridized carbons (Fsp3) is 0.600. The first-order valence-electron chi connectivity index (χ1n) is 9.07. The van der Waals surface area contributed by atoms with Crippen LogP contribution in [-0.4, -0.2) is 24.5 Å². The van der Waals surface area contributed by atoms with E-state index < -0.39 is 5.54 Å². The number of benzene rings is 1. The fourth-order valence-electron chi connectivity index (χ4n) is 3.99. The molecular formula is C20H27NO3. The predicted molar refractivity (Wildman–Crippen MR) is 92.9 cm³/mol. The lowest BCUT2D eigenvalue weighted by Gasteiger charge is -2.37. The summed E-state index contributed by atoms with van der Waals surface area (Å²) in [7, 11) is 1.40. The van der Waals surface area contributed by atoms with Gasteiger partial charge in [-0.1, -0.05) is 13.0 Å². The molecule has 0 aliphatic heterocycles. The number of aryl methyl sites for hydroxylation is 2. The van der Waals surface area contributed by atoms with Gasteiger partial charge in [0, 0.05) is 5.56 Å². The van der Waals surface area contributed by atoms with Crippen molar-refractivity contribution in [2.24, 2.45) is 5.92 Å². The van der Waals surface area contributed by atoms with Gasteiger partial charge in [-0.2, -0.15) is 0 Å². The van der Waals surface area contributed by atoms with Crippen molar-refractivity contribution < 1.29 is 14.3 Å². The Bertz CT molecular complexity index is 630. The number of esters is 1. The molecule has 1 fully saturated rings. The molecule has 0 aromatic heterocycles. The van der Waals surface area contributed by atoms with Crippen LogP contribution in [0.2, 0.25) is 0 Å². The maximum Gasteiger partial charge on any atom is 0.331 e. The number of hydrogen-bond acceptors (Lipinski definition) is 3. The molecule has 4 nitrogen and oxygen atoms in total. The molecule has 3 rings (SSSR count). The normalized spacial score (nSPS) is 26.3. The van der Waals surface area contributed by atoms with Crippen LogP contribution in [0.1, 0.15) is 66.9 Å². The Hall–Kier alpha value is -1.84. The Kier molecular flexibility index (Phi) is 4.93. The average molecular weight is 329 g/mol. The number of amides is 1. The van der Waals surface area contributed by atoms with Crippen LogP contribution in [0, 0.1) is 5.92 Å². The third-order valence-electron chi connectivity index (χ3n) is 5.67. The van der Waals surface area contributed by atoms with Crippen LogP contribution in [0.25, 0.3) is 0 Å². The van der Waals surface area contributed by atoms with E-state index in [1.165, 1.54) is 31.1 Å². The molecular weight excluding hydrogens is 302 g/mol. The number of nitrogens with one attached hydrogen (secondary N) is 1. The molecule has 1 aromatic carbocycles. The molecule has 1 aromatic rings. The summed E-state index contributed by atoms with van der Waals surface area (Å²) < 4.78 is 5.00. The summed E-state index contributed by atoms with van der Waals surface area (Å²) in [5, 5.41) is 3.01. The van der Waals surface area contributed by atoms with Crippen LogP contribution in [0.5, 0.6) is 0 Å². The summed E-state index contributed by atoms with van der Waals surface area (Å²) in [6, 6.07) is 5.95. The van der Waals surface area contributed by atoms with E-state index in [0.29, 0.717) is 24.3 Å². The zero-order chi connectivity index (χ0) is 17.2. The van der Waals surface area contributed by atoms with Gasteiger partial charge in [0.15, 0.2) is 0 Å². The first-order valence-corrected chi connectivity index (χ1v) is 9.07. The molecule has 0 saturated heterocycles. The minimum atomic E-state index is -0.867. The summed E-state index contributed by atoms with van der Waals surface area (Å²) >= 11 is 0. The van der Waals surface area contributed by atoms with Gasteiger partial charge in [0.1, 0.15) is 5.54 Å². The van der Waals surface area contributed by atoms with Crippen molar-refractivity contribution in [2.45, 2.75) is 63.8 Å². The number of carbonyl (C=O) groups excluding carboxylic acids is 2. The molecule has 24 heavy (non-hydrogen) atoms. The molecule has 0 bridgehead atoms. The van der Waals surface area contributed by atoms with E-state index in [-0.39, 0.29) is 11.9 Å². The van der Waals surface area contributed by atoms with Crippen molar-refractivity contribution in [3.8, 4) is 0 Å². The highest BCUT2D eigenvalue weighted by Gasteiger charge is 2.43. The molecule has 0 heterocycles. The number of ether oxygens (including phenoxy) is 1. The van der Waals surface area contributed by atoms with Crippen LogP contribution < -0.4 is 5.32 Å². The maximum atomic E-state index is 12.8. The zero-order valence-electron chi connectivity index (χ0n) is 14.7. The number of methoxy groups -OCH3 is 1. The number of hydrogen-bond donors (Lipinski definition) is 1. The summed E-state index contributed by atoms with van der Waals surface area (Å²) in [6.07, 6.45) is 7.70. The summed E-state index contributed by atoms with van der Waals surface area (Å²) in [6.45, 7) is 2.19. The summed E-state index contributed by atoms with van der Waals surface area (Å²) in [5.41, 5.74) is 2.41. The second-order valence-electron chi connectivity index (χ2n) is 7.40. The van der Waals surface area contributed by atoms with Crippen molar-refractivity contribution in [1.29, 1.82) is 0 Å². The standard InChI is InChI=1S/C20H27NO3/c1-14-9-11-20(12-10-14,19(23)24-2)21-18(22)17-8-7-15-5-3-4-6-16(15)13-17/h7-8,13-14H,3-6,9-12H2,1-2H3,(H,21,22). The molecule has 0 atom stereocenters. The van der Waals surface area contributed by atoms with Gasteiger partial charge in [-0.3, -0.25) is 4.79 Å². The van der Waals surface area contributed by atoms with Gasteiger partial charge in [-0.25, -0.2) is 4.79 Å². The Morgan fingerprint density at radius 1 is 1.12 bits per heavy atom. The lowest BCUT2D eigenvalue weighted by atomic mass is 9.77. The minimum absolute atomic E-state index is 0.164. The van der Waals surface area contributed by atoms with E-state index in [1.807, 2.05) is 12.1 Å². The zero-order valence-corrected chi connectivity index (χ0v) is 14.7. The molecule has 0 unspecified atom stereocenters. The topological polar surface area (TPSA) is 55.4 Å². The van der Waals surface area contributed by atoms with E-state index in [9.17, 15) is 9.59 Å². The Labute approximate surface area is 144 Å².